The van der Waals surface area contributed by atoms with E-state index in [2.05, 4.69) is 49.6 Å². The van der Waals surface area contributed by atoms with Gasteiger partial charge in [-0.05, 0) is 69.3 Å². The van der Waals surface area contributed by atoms with E-state index in [9.17, 15) is 13.2 Å². The predicted molar refractivity (Wildman–Crippen MR) is 152 cm³/mol. The van der Waals surface area contributed by atoms with Crippen LogP contribution in [0.2, 0.25) is 0 Å². The van der Waals surface area contributed by atoms with Crippen molar-refractivity contribution in [3.05, 3.63) is 108 Å². The van der Waals surface area contributed by atoms with Crippen LogP contribution >= 0.6 is 0 Å². The molecule has 0 amide bonds. The molecule has 0 bridgehead atoms. The molecule has 1 aliphatic heterocycles. The normalized spacial score (nSPS) is 12.9. The van der Waals surface area contributed by atoms with E-state index in [-0.39, 0.29) is 5.41 Å². The first-order valence-electron chi connectivity index (χ1n) is 13.0. The Kier molecular flexibility index (Phi) is 4.90. The lowest BCUT2D eigenvalue weighted by Gasteiger charge is -2.23. The summed E-state index contributed by atoms with van der Waals surface area (Å²) in [5, 5.41) is 2.29. The molecule has 2 heterocycles. The van der Waals surface area contributed by atoms with Crippen molar-refractivity contribution in [3.63, 3.8) is 0 Å². The Balaban J connectivity index is 1.63. The number of nitrogens with zero attached hydrogens (tertiary/aromatic N) is 2. The third kappa shape index (κ3) is 3.60. The quantitative estimate of drug-likeness (QED) is 0.211. The molecule has 0 N–H and O–H groups in total. The first kappa shape index (κ1) is 23.7. The highest BCUT2D eigenvalue weighted by Crippen LogP contribution is 2.47. The maximum absolute atomic E-state index is 13.9. The number of imidazole rings is 1. The summed E-state index contributed by atoms with van der Waals surface area (Å²) >= 11 is 0. The number of fused-ring (bicyclic) bond motifs is 6. The van der Waals surface area contributed by atoms with Crippen LogP contribution in [0, 0.1) is 0 Å². The monoisotopic (exact) mass is 518 g/mol. The van der Waals surface area contributed by atoms with Crippen molar-refractivity contribution in [2.24, 2.45) is 0 Å². The molecule has 7 rings (SSSR count). The van der Waals surface area contributed by atoms with Crippen LogP contribution in [-0.4, -0.2) is 9.55 Å². The zero-order valence-corrected chi connectivity index (χ0v) is 21.8. The fraction of sp³-hybridized carbons (Fsp3) is 0.147. The number of rotatable bonds is 1. The second-order valence-corrected chi connectivity index (χ2v) is 11.2. The van der Waals surface area contributed by atoms with Crippen LogP contribution in [0.5, 0.6) is 0 Å². The molecule has 1 aromatic heterocycles. The Hall–Kier alpha value is -4.38. The van der Waals surface area contributed by atoms with Crippen LogP contribution in [-0.2, 0) is 11.6 Å². The minimum Gasteiger partial charge on any atom is -0.291 e. The second-order valence-electron chi connectivity index (χ2n) is 11.2. The summed E-state index contributed by atoms with van der Waals surface area (Å²) in [6.07, 6.45) is -4.45. The van der Waals surface area contributed by atoms with Gasteiger partial charge in [0, 0.05) is 16.7 Å². The lowest BCUT2D eigenvalue weighted by atomic mass is 9.82. The van der Waals surface area contributed by atoms with Crippen LogP contribution < -0.4 is 0 Å². The zero-order valence-electron chi connectivity index (χ0n) is 21.8. The Morgan fingerprint density at radius 3 is 2.10 bits per heavy atom. The summed E-state index contributed by atoms with van der Waals surface area (Å²) in [5.41, 5.74) is 6.86. The van der Waals surface area contributed by atoms with Gasteiger partial charge in [-0.15, -0.1) is 0 Å². The number of aromatic nitrogens is 2. The van der Waals surface area contributed by atoms with E-state index < -0.39 is 11.7 Å². The lowest BCUT2D eigenvalue weighted by molar-refractivity contribution is -0.137. The van der Waals surface area contributed by atoms with Crippen LogP contribution in [0.15, 0.2) is 97.1 Å². The lowest BCUT2D eigenvalue weighted by Crippen LogP contribution is -2.12. The summed E-state index contributed by atoms with van der Waals surface area (Å²) in [7, 11) is 0. The van der Waals surface area contributed by atoms with Crippen LogP contribution in [0.1, 0.15) is 31.9 Å². The van der Waals surface area contributed by atoms with Crippen molar-refractivity contribution < 1.29 is 13.2 Å². The van der Waals surface area contributed by atoms with E-state index in [0.717, 1.165) is 38.7 Å². The Morgan fingerprint density at radius 2 is 1.36 bits per heavy atom. The number of benzene rings is 5. The molecular formula is C34H25F3N2. The first-order chi connectivity index (χ1) is 18.6. The Labute approximate surface area is 224 Å². The van der Waals surface area contributed by atoms with Crippen LogP contribution in [0.3, 0.4) is 0 Å². The van der Waals surface area contributed by atoms with Crippen molar-refractivity contribution >= 4 is 21.8 Å². The smallest absolute Gasteiger partial charge is 0.291 e. The molecule has 39 heavy (non-hydrogen) atoms. The molecule has 6 aromatic rings. The molecule has 0 unspecified atom stereocenters. The topological polar surface area (TPSA) is 17.8 Å². The van der Waals surface area contributed by atoms with Gasteiger partial charge >= 0.3 is 6.18 Å². The van der Waals surface area contributed by atoms with Crippen molar-refractivity contribution in [3.8, 4) is 39.3 Å². The van der Waals surface area contributed by atoms with Gasteiger partial charge in [-0.1, -0.05) is 81.4 Å². The summed E-state index contributed by atoms with van der Waals surface area (Å²) in [6, 6.07) is 30.3. The standard InChI is InChI=1S/C34H25F3N2/c1-33(2,3)28-18-21(17-20-9-4-5-10-23(20)28)32-38-29-14-8-13-26-24-11-6-7-12-25(24)27-19-22(34(35,36)37)15-16-30(27)39(32)31(26)29/h4-19H,1-3H3. The van der Waals surface area contributed by atoms with Gasteiger partial charge in [-0.3, -0.25) is 4.57 Å². The van der Waals surface area contributed by atoms with E-state index in [1.54, 1.807) is 6.07 Å². The van der Waals surface area contributed by atoms with E-state index in [0.29, 0.717) is 17.1 Å². The maximum Gasteiger partial charge on any atom is 0.416 e. The van der Waals surface area contributed by atoms with Gasteiger partial charge in [0.25, 0.3) is 0 Å². The van der Waals surface area contributed by atoms with Gasteiger partial charge < -0.3 is 0 Å². The minimum absolute atomic E-state index is 0.124. The van der Waals surface area contributed by atoms with Gasteiger partial charge in [-0.2, -0.15) is 13.2 Å². The van der Waals surface area contributed by atoms with Gasteiger partial charge in [0.05, 0.1) is 22.3 Å². The molecule has 0 spiro atoms. The second kappa shape index (κ2) is 8.06. The van der Waals surface area contributed by atoms with Crippen molar-refractivity contribution in [2.45, 2.75) is 32.4 Å². The molecule has 0 aliphatic carbocycles. The first-order valence-corrected chi connectivity index (χ1v) is 13.0. The highest BCUT2D eigenvalue weighted by atomic mass is 19.4. The summed E-state index contributed by atoms with van der Waals surface area (Å²) in [6.45, 7) is 6.58. The highest BCUT2D eigenvalue weighted by molar-refractivity contribution is 6.04. The summed E-state index contributed by atoms with van der Waals surface area (Å²) < 4.78 is 43.7. The molecule has 5 aromatic carbocycles. The highest BCUT2D eigenvalue weighted by Gasteiger charge is 2.33. The SMILES string of the molecule is CC(C)(C)c1cc(-c2nc3cccc4c3n2-c2ccc(C(F)(F)F)cc2-c2ccccc2-4)cc2ccccc12. The van der Waals surface area contributed by atoms with Crippen molar-refractivity contribution in [1.29, 1.82) is 0 Å². The maximum atomic E-state index is 13.9. The third-order valence-corrected chi connectivity index (χ3v) is 7.68. The molecule has 0 saturated heterocycles. The largest absolute Gasteiger partial charge is 0.416 e. The molecule has 5 heteroatoms. The van der Waals surface area contributed by atoms with E-state index >= 15 is 0 Å². The number of hydrogen-bond acceptors (Lipinski definition) is 1. The molecule has 2 nitrogen and oxygen atoms in total. The number of alkyl halides is 3. The summed E-state index contributed by atoms with van der Waals surface area (Å²) in [4.78, 5) is 5.11. The van der Waals surface area contributed by atoms with Crippen molar-refractivity contribution in [1.82, 2.24) is 9.55 Å². The number of halogens is 3. The van der Waals surface area contributed by atoms with Gasteiger partial charge in [-0.25, -0.2) is 4.98 Å². The molecular weight excluding hydrogens is 493 g/mol. The molecule has 0 fully saturated rings. The average molecular weight is 519 g/mol. The molecule has 192 valence electrons. The van der Waals surface area contributed by atoms with Crippen molar-refractivity contribution in [2.75, 3.05) is 0 Å². The van der Waals surface area contributed by atoms with Gasteiger partial charge in [0.15, 0.2) is 0 Å². The molecule has 0 saturated carbocycles. The number of hydrogen-bond donors (Lipinski definition) is 0. The fourth-order valence-electron chi connectivity index (χ4n) is 5.91. The number of para-hydroxylation sites is 1. The zero-order chi connectivity index (χ0) is 27.1. The summed E-state index contributed by atoms with van der Waals surface area (Å²) in [5.74, 6) is 0.711. The van der Waals surface area contributed by atoms with Gasteiger partial charge in [0.1, 0.15) is 5.82 Å². The van der Waals surface area contributed by atoms with Crippen LogP contribution in [0.25, 0.3) is 61.1 Å². The van der Waals surface area contributed by atoms with E-state index in [4.69, 9.17) is 4.98 Å². The Morgan fingerprint density at radius 1 is 0.667 bits per heavy atom. The molecule has 0 atom stereocenters. The predicted octanol–water partition coefficient (Wildman–Crippen LogP) is 9.81. The minimum atomic E-state index is -4.45. The molecule has 1 aliphatic rings. The molecule has 0 radical (unpaired) electrons. The van der Waals surface area contributed by atoms with E-state index in [1.165, 1.54) is 23.1 Å². The van der Waals surface area contributed by atoms with Gasteiger partial charge in [0.2, 0.25) is 0 Å². The third-order valence-electron chi connectivity index (χ3n) is 7.68. The fourth-order valence-corrected chi connectivity index (χ4v) is 5.91. The Bertz CT molecular complexity index is 1940. The average Bonchev–Trinajstić information content (AvgIpc) is 3.25. The van der Waals surface area contributed by atoms with E-state index in [1.807, 2.05) is 54.6 Å². The van der Waals surface area contributed by atoms with Crippen LogP contribution in [0.4, 0.5) is 13.2 Å².